The van der Waals surface area contributed by atoms with Crippen LogP contribution < -0.4 is 16.4 Å². The normalized spacial score (nSPS) is 17.5. The predicted octanol–water partition coefficient (Wildman–Crippen LogP) is 0.322. The lowest BCUT2D eigenvalue weighted by atomic mass is 10.2. The first-order valence-corrected chi connectivity index (χ1v) is 7.80. The van der Waals surface area contributed by atoms with Crippen LogP contribution in [0, 0.1) is 0 Å². The van der Waals surface area contributed by atoms with Gasteiger partial charge in [-0.25, -0.2) is 4.68 Å². The predicted molar refractivity (Wildman–Crippen MR) is 94.7 cm³/mol. The average molecular weight is 353 g/mol. The number of H-pyrrole nitrogens is 1. The molecule has 7 nitrogen and oxygen atoms in total. The molecule has 0 radical (unpaired) electrons. The number of benzene rings is 1. The Hall–Kier alpha value is -2.12. The summed E-state index contributed by atoms with van der Waals surface area (Å²) in [4.78, 5) is 38.6. The summed E-state index contributed by atoms with van der Waals surface area (Å²) in [6.07, 6.45) is 0.193. The summed E-state index contributed by atoms with van der Waals surface area (Å²) < 4.78 is 1.23. The van der Waals surface area contributed by atoms with Crippen molar-refractivity contribution in [3.63, 3.8) is 0 Å². The second kappa shape index (κ2) is 7.63. The number of rotatable bonds is 3. The van der Waals surface area contributed by atoms with Crippen molar-refractivity contribution >= 4 is 29.1 Å². The van der Waals surface area contributed by atoms with E-state index in [1.54, 1.807) is 24.3 Å². The van der Waals surface area contributed by atoms with Gasteiger partial charge < -0.3 is 10.2 Å². The summed E-state index contributed by atoms with van der Waals surface area (Å²) in [6.45, 7) is 4.40. The van der Waals surface area contributed by atoms with E-state index in [-0.39, 0.29) is 48.4 Å². The molecule has 1 aromatic carbocycles. The summed E-state index contributed by atoms with van der Waals surface area (Å²) >= 11 is 0. The molecule has 8 heteroatoms. The lowest BCUT2D eigenvalue weighted by molar-refractivity contribution is -0.134. The van der Waals surface area contributed by atoms with E-state index < -0.39 is 0 Å². The van der Waals surface area contributed by atoms with Crippen molar-refractivity contribution in [3.05, 3.63) is 45.0 Å². The van der Waals surface area contributed by atoms with Gasteiger partial charge in [0.25, 0.3) is 11.1 Å². The van der Waals surface area contributed by atoms with E-state index in [1.807, 2.05) is 11.8 Å². The fourth-order valence-electron chi connectivity index (χ4n) is 2.97. The number of fused-ring (bicyclic) bond motifs is 1. The monoisotopic (exact) mass is 352 g/mol. The maximum Gasteiger partial charge on any atom is 0.273 e. The molecule has 0 saturated carbocycles. The van der Waals surface area contributed by atoms with Crippen LogP contribution in [0.2, 0.25) is 0 Å². The number of aromatic amines is 1. The Morgan fingerprint density at radius 3 is 2.67 bits per heavy atom. The molecule has 1 unspecified atom stereocenters. The van der Waals surface area contributed by atoms with Crippen molar-refractivity contribution in [2.75, 3.05) is 19.6 Å². The number of amides is 1. The third-order valence-electron chi connectivity index (χ3n) is 4.25. The molecule has 2 aromatic rings. The summed E-state index contributed by atoms with van der Waals surface area (Å²) in [5.74, 6) is -0.0000856. The zero-order valence-electron chi connectivity index (χ0n) is 13.4. The Kier molecular flexibility index (Phi) is 5.80. The number of nitrogens with one attached hydrogen (secondary N) is 2. The van der Waals surface area contributed by atoms with Gasteiger partial charge >= 0.3 is 0 Å². The summed E-state index contributed by atoms with van der Waals surface area (Å²) in [5.41, 5.74) is -0.593. The molecule has 3 rings (SSSR count). The lowest BCUT2D eigenvalue weighted by Crippen LogP contribution is -2.52. The first-order valence-electron chi connectivity index (χ1n) is 7.80. The molecule has 1 aliphatic heterocycles. The molecular weight excluding hydrogens is 332 g/mol. The summed E-state index contributed by atoms with van der Waals surface area (Å²) in [5, 5.41) is 6.53. The molecule has 1 aliphatic rings. The van der Waals surface area contributed by atoms with E-state index in [0.717, 1.165) is 13.1 Å². The molecular formula is C16H21ClN4O3. The van der Waals surface area contributed by atoms with Gasteiger partial charge in [0.15, 0.2) is 0 Å². The molecule has 2 N–H and O–H groups in total. The minimum absolute atomic E-state index is 0. The Morgan fingerprint density at radius 2 is 1.96 bits per heavy atom. The topological polar surface area (TPSA) is 87.2 Å². The van der Waals surface area contributed by atoms with Gasteiger partial charge in [0.1, 0.15) is 0 Å². The van der Waals surface area contributed by atoms with Gasteiger partial charge in [-0.3, -0.25) is 19.5 Å². The largest absolute Gasteiger partial charge is 0.337 e. The molecule has 1 aromatic heterocycles. The zero-order chi connectivity index (χ0) is 16.4. The highest BCUT2D eigenvalue weighted by Crippen LogP contribution is 2.06. The quantitative estimate of drug-likeness (QED) is 0.833. The summed E-state index contributed by atoms with van der Waals surface area (Å²) in [6, 6.07) is 6.83. The number of halogens is 1. The number of piperazine rings is 1. The Morgan fingerprint density at radius 1 is 1.25 bits per heavy atom. The van der Waals surface area contributed by atoms with Crippen LogP contribution in [0.15, 0.2) is 33.9 Å². The van der Waals surface area contributed by atoms with Crippen LogP contribution in [-0.4, -0.2) is 46.3 Å². The SMILES string of the molecule is CC1CNCCN1C(=O)CCn1[nH]c(=O)c2ccccc2c1=O.Cl. The lowest BCUT2D eigenvalue weighted by Gasteiger charge is -2.34. The number of nitrogens with zero attached hydrogens (tertiary/aromatic N) is 2. The van der Waals surface area contributed by atoms with Crippen LogP contribution in [0.5, 0.6) is 0 Å². The first-order chi connectivity index (χ1) is 11.1. The minimum Gasteiger partial charge on any atom is -0.337 e. The molecule has 0 spiro atoms. The number of hydrogen-bond acceptors (Lipinski definition) is 4. The van der Waals surface area contributed by atoms with Crippen molar-refractivity contribution in [1.82, 2.24) is 20.0 Å². The number of carbonyl (C=O) groups is 1. The number of aromatic nitrogens is 2. The van der Waals surface area contributed by atoms with Crippen LogP contribution in [0.3, 0.4) is 0 Å². The van der Waals surface area contributed by atoms with Crippen molar-refractivity contribution in [1.29, 1.82) is 0 Å². The maximum absolute atomic E-state index is 12.4. The van der Waals surface area contributed by atoms with Gasteiger partial charge in [0.2, 0.25) is 5.91 Å². The van der Waals surface area contributed by atoms with Crippen LogP contribution in [-0.2, 0) is 11.3 Å². The fourth-order valence-corrected chi connectivity index (χ4v) is 2.97. The maximum atomic E-state index is 12.4. The molecule has 1 fully saturated rings. The number of carbonyl (C=O) groups excluding carboxylic acids is 1. The Labute approximate surface area is 145 Å². The van der Waals surface area contributed by atoms with Crippen LogP contribution in [0.1, 0.15) is 13.3 Å². The number of aryl methyl sites for hydroxylation is 1. The van der Waals surface area contributed by atoms with Gasteiger partial charge in [-0.05, 0) is 19.1 Å². The van der Waals surface area contributed by atoms with Crippen molar-refractivity contribution in [2.45, 2.75) is 25.9 Å². The molecule has 1 amide bonds. The molecule has 1 saturated heterocycles. The first kappa shape index (κ1) is 18.2. The van der Waals surface area contributed by atoms with Crippen LogP contribution in [0.25, 0.3) is 10.8 Å². The van der Waals surface area contributed by atoms with Crippen LogP contribution >= 0.6 is 12.4 Å². The zero-order valence-corrected chi connectivity index (χ0v) is 14.3. The fraction of sp³-hybridized carbons (Fsp3) is 0.438. The number of hydrogen-bond donors (Lipinski definition) is 2. The van der Waals surface area contributed by atoms with Gasteiger partial charge in [-0.1, -0.05) is 12.1 Å². The Bertz CT molecular complexity index is 845. The summed E-state index contributed by atoms with van der Waals surface area (Å²) in [7, 11) is 0. The molecule has 1 atom stereocenters. The molecule has 130 valence electrons. The van der Waals surface area contributed by atoms with Crippen molar-refractivity contribution in [3.8, 4) is 0 Å². The molecule has 24 heavy (non-hydrogen) atoms. The highest BCUT2D eigenvalue weighted by molar-refractivity contribution is 5.85. The Balaban J connectivity index is 0.00000208. The van der Waals surface area contributed by atoms with E-state index >= 15 is 0 Å². The minimum atomic E-state index is -0.316. The molecule has 0 aliphatic carbocycles. The third-order valence-corrected chi connectivity index (χ3v) is 4.25. The molecule has 2 heterocycles. The van der Waals surface area contributed by atoms with E-state index in [9.17, 15) is 14.4 Å². The highest BCUT2D eigenvalue weighted by Gasteiger charge is 2.22. The van der Waals surface area contributed by atoms with Gasteiger partial charge in [0, 0.05) is 32.1 Å². The average Bonchev–Trinajstić information content (AvgIpc) is 2.57. The van der Waals surface area contributed by atoms with E-state index in [1.165, 1.54) is 4.68 Å². The van der Waals surface area contributed by atoms with E-state index in [2.05, 4.69) is 10.4 Å². The van der Waals surface area contributed by atoms with Crippen LogP contribution in [0.4, 0.5) is 0 Å². The van der Waals surface area contributed by atoms with Crippen molar-refractivity contribution in [2.24, 2.45) is 0 Å². The highest BCUT2D eigenvalue weighted by atomic mass is 35.5. The van der Waals surface area contributed by atoms with E-state index in [0.29, 0.717) is 17.3 Å². The van der Waals surface area contributed by atoms with Gasteiger partial charge in [0.05, 0.1) is 17.3 Å². The second-order valence-corrected chi connectivity index (χ2v) is 5.83. The standard InChI is InChI=1S/C16H20N4O3.ClH/c1-11-10-17-7-9-19(11)14(21)6-8-20-16(23)13-5-3-2-4-12(13)15(22)18-20;/h2-5,11,17H,6-10H2,1H3,(H,18,22);1H. The van der Waals surface area contributed by atoms with E-state index in [4.69, 9.17) is 0 Å². The van der Waals surface area contributed by atoms with Gasteiger partial charge in [-0.2, -0.15) is 0 Å². The second-order valence-electron chi connectivity index (χ2n) is 5.83. The third kappa shape index (κ3) is 3.52. The van der Waals surface area contributed by atoms with Gasteiger partial charge in [-0.15, -0.1) is 12.4 Å². The smallest absolute Gasteiger partial charge is 0.273 e. The molecule has 0 bridgehead atoms. The van der Waals surface area contributed by atoms with Crippen molar-refractivity contribution < 1.29 is 4.79 Å².